The Balaban J connectivity index is 2.75. The zero-order chi connectivity index (χ0) is 9.42. The van der Waals surface area contributed by atoms with Crippen LogP contribution in [0.2, 0.25) is 0 Å². The highest BCUT2D eigenvalue weighted by atomic mass is 79.9. The van der Waals surface area contributed by atoms with E-state index in [0.717, 1.165) is 20.6 Å². The fourth-order valence-electron chi connectivity index (χ4n) is 1.22. The van der Waals surface area contributed by atoms with Gasteiger partial charge in [0.2, 0.25) is 0 Å². The average molecular weight is 258 g/mol. The van der Waals surface area contributed by atoms with Crippen molar-refractivity contribution in [1.29, 1.82) is 0 Å². The van der Waals surface area contributed by atoms with Gasteiger partial charge in [0, 0.05) is 4.47 Å². The molecule has 13 heavy (non-hydrogen) atoms. The molecule has 0 bridgehead atoms. The topological polar surface area (TPSA) is 35.2 Å². The molecule has 0 atom stereocenters. The van der Waals surface area contributed by atoms with Gasteiger partial charge in [-0.15, -0.1) is 11.3 Å². The van der Waals surface area contributed by atoms with Crippen LogP contribution in [-0.2, 0) is 0 Å². The highest BCUT2D eigenvalue weighted by molar-refractivity contribution is 9.10. The van der Waals surface area contributed by atoms with Crippen molar-refractivity contribution in [2.24, 2.45) is 0 Å². The van der Waals surface area contributed by atoms with E-state index in [9.17, 15) is 0 Å². The Bertz CT molecular complexity index is 452. The van der Waals surface area contributed by atoms with E-state index < -0.39 is 0 Å². The molecule has 0 fully saturated rings. The van der Waals surface area contributed by atoms with Crippen molar-refractivity contribution in [2.45, 2.75) is 0 Å². The van der Waals surface area contributed by atoms with Crippen molar-refractivity contribution in [1.82, 2.24) is 0 Å². The highest BCUT2D eigenvalue weighted by Crippen LogP contribution is 2.36. The standard InChI is InChI=1S/C9H8BrNOS/c1-12-6-2-5-3-8(11)13-9(5)7(10)4-6/h2-4H,11H2,1H3. The first-order valence-corrected chi connectivity index (χ1v) is 5.34. The molecule has 0 radical (unpaired) electrons. The molecule has 68 valence electrons. The van der Waals surface area contributed by atoms with E-state index in [2.05, 4.69) is 15.9 Å². The van der Waals surface area contributed by atoms with Gasteiger partial charge in [-0.3, -0.25) is 0 Å². The first-order valence-electron chi connectivity index (χ1n) is 3.73. The molecule has 0 unspecified atom stereocenters. The molecule has 2 aromatic rings. The van der Waals surface area contributed by atoms with Crippen LogP contribution in [0.3, 0.4) is 0 Å². The molecule has 4 heteroatoms. The second kappa shape index (κ2) is 3.20. The van der Waals surface area contributed by atoms with E-state index in [1.54, 1.807) is 18.4 Å². The maximum Gasteiger partial charge on any atom is 0.120 e. The van der Waals surface area contributed by atoms with Crippen LogP contribution in [0.15, 0.2) is 22.7 Å². The Morgan fingerprint density at radius 3 is 2.85 bits per heavy atom. The van der Waals surface area contributed by atoms with Crippen LogP contribution in [0.5, 0.6) is 5.75 Å². The number of ether oxygens (including phenoxy) is 1. The zero-order valence-electron chi connectivity index (χ0n) is 7.00. The lowest BCUT2D eigenvalue weighted by Gasteiger charge is -2.00. The molecule has 0 aliphatic carbocycles. The van der Waals surface area contributed by atoms with Crippen LogP contribution in [-0.4, -0.2) is 7.11 Å². The number of anilines is 1. The summed E-state index contributed by atoms with van der Waals surface area (Å²) in [5.74, 6) is 0.845. The summed E-state index contributed by atoms with van der Waals surface area (Å²) in [5.41, 5.74) is 5.71. The van der Waals surface area contributed by atoms with E-state index in [1.165, 1.54) is 4.70 Å². The summed E-state index contributed by atoms with van der Waals surface area (Å²) >= 11 is 5.05. The van der Waals surface area contributed by atoms with Gasteiger partial charge in [0.05, 0.1) is 16.8 Å². The van der Waals surface area contributed by atoms with Crippen molar-refractivity contribution in [3.05, 3.63) is 22.7 Å². The number of rotatable bonds is 1. The molecule has 0 amide bonds. The van der Waals surface area contributed by atoms with Gasteiger partial charge in [-0.2, -0.15) is 0 Å². The number of thiophene rings is 1. The Kier molecular flexibility index (Phi) is 2.17. The summed E-state index contributed by atoms with van der Waals surface area (Å²) < 4.78 is 7.34. The first kappa shape index (κ1) is 8.84. The second-order valence-electron chi connectivity index (χ2n) is 2.68. The Morgan fingerprint density at radius 1 is 1.38 bits per heavy atom. The van der Waals surface area contributed by atoms with E-state index in [4.69, 9.17) is 10.5 Å². The Labute approximate surface area is 88.4 Å². The maximum absolute atomic E-state index is 5.71. The lowest BCUT2D eigenvalue weighted by atomic mass is 10.2. The Morgan fingerprint density at radius 2 is 2.15 bits per heavy atom. The molecule has 1 aromatic carbocycles. The first-order chi connectivity index (χ1) is 6.20. The second-order valence-corrected chi connectivity index (χ2v) is 4.61. The summed E-state index contributed by atoms with van der Waals surface area (Å²) in [6.07, 6.45) is 0. The van der Waals surface area contributed by atoms with Crippen LogP contribution in [0.25, 0.3) is 10.1 Å². The molecule has 0 saturated carbocycles. The summed E-state index contributed by atoms with van der Waals surface area (Å²) in [4.78, 5) is 0. The number of fused-ring (bicyclic) bond motifs is 1. The zero-order valence-corrected chi connectivity index (χ0v) is 9.41. The smallest absolute Gasteiger partial charge is 0.120 e. The molecule has 2 nitrogen and oxygen atoms in total. The number of benzene rings is 1. The van der Waals surface area contributed by atoms with Gasteiger partial charge in [-0.1, -0.05) is 0 Å². The van der Waals surface area contributed by atoms with Crippen molar-refractivity contribution in [2.75, 3.05) is 12.8 Å². The molecule has 0 aliphatic rings. The van der Waals surface area contributed by atoms with Crippen molar-refractivity contribution >= 4 is 42.4 Å². The average Bonchev–Trinajstić information content (AvgIpc) is 2.46. The van der Waals surface area contributed by atoms with E-state index >= 15 is 0 Å². The summed E-state index contributed by atoms with van der Waals surface area (Å²) in [5, 5.41) is 1.94. The van der Waals surface area contributed by atoms with Gasteiger partial charge < -0.3 is 10.5 Å². The van der Waals surface area contributed by atoms with Crippen LogP contribution in [0.1, 0.15) is 0 Å². The number of nitrogen functional groups attached to an aromatic ring is 1. The maximum atomic E-state index is 5.71. The lowest BCUT2D eigenvalue weighted by molar-refractivity contribution is 0.415. The van der Waals surface area contributed by atoms with Gasteiger partial charge >= 0.3 is 0 Å². The number of hydrogen-bond donors (Lipinski definition) is 1. The molecule has 1 aromatic heterocycles. The van der Waals surface area contributed by atoms with Gasteiger partial charge in [0.1, 0.15) is 5.75 Å². The van der Waals surface area contributed by atoms with E-state index in [0.29, 0.717) is 0 Å². The minimum absolute atomic E-state index is 0.823. The fraction of sp³-hybridized carbons (Fsp3) is 0.111. The van der Waals surface area contributed by atoms with Crippen molar-refractivity contribution < 1.29 is 4.74 Å². The van der Waals surface area contributed by atoms with Crippen molar-refractivity contribution in [3.63, 3.8) is 0 Å². The normalized spacial score (nSPS) is 10.6. The van der Waals surface area contributed by atoms with E-state index in [1.807, 2.05) is 18.2 Å². The van der Waals surface area contributed by atoms with Gasteiger partial charge in [0.15, 0.2) is 0 Å². The van der Waals surface area contributed by atoms with Crippen molar-refractivity contribution in [3.8, 4) is 5.75 Å². The number of hydrogen-bond acceptors (Lipinski definition) is 3. The monoisotopic (exact) mass is 257 g/mol. The van der Waals surface area contributed by atoms with Gasteiger partial charge in [-0.25, -0.2) is 0 Å². The number of halogens is 1. The molecule has 0 aliphatic heterocycles. The van der Waals surface area contributed by atoms with Gasteiger partial charge in [-0.05, 0) is 39.5 Å². The third-order valence-electron chi connectivity index (χ3n) is 1.80. The third kappa shape index (κ3) is 1.51. The SMILES string of the molecule is COc1cc(Br)c2sc(N)cc2c1. The minimum Gasteiger partial charge on any atom is -0.497 e. The molecule has 0 saturated heterocycles. The predicted octanol–water partition coefficient (Wildman–Crippen LogP) is 3.25. The van der Waals surface area contributed by atoms with Crippen LogP contribution >= 0.6 is 27.3 Å². The quantitative estimate of drug-likeness (QED) is 0.852. The number of methoxy groups -OCH3 is 1. The summed E-state index contributed by atoms with van der Waals surface area (Å²) in [6, 6.07) is 5.87. The molecular formula is C9H8BrNOS. The molecule has 2 rings (SSSR count). The minimum atomic E-state index is 0.823. The van der Waals surface area contributed by atoms with Crippen LogP contribution < -0.4 is 10.5 Å². The lowest BCUT2D eigenvalue weighted by Crippen LogP contribution is -1.81. The molecular weight excluding hydrogens is 250 g/mol. The van der Waals surface area contributed by atoms with E-state index in [-0.39, 0.29) is 0 Å². The largest absolute Gasteiger partial charge is 0.497 e. The molecule has 2 N–H and O–H groups in total. The Hall–Kier alpha value is -0.740. The number of nitrogens with two attached hydrogens (primary N) is 1. The third-order valence-corrected chi connectivity index (χ3v) is 3.70. The van der Waals surface area contributed by atoms with Gasteiger partial charge in [0.25, 0.3) is 0 Å². The fourth-order valence-corrected chi connectivity index (χ4v) is 2.73. The molecule has 0 spiro atoms. The summed E-state index contributed by atoms with van der Waals surface area (Å²) in [6.45, 7) is 0. The summed E-state index contributed by atoms with van der Waals surface area (Å²) in [7, 11) is 1.66. The highest BCUT2D eigenvalue weighted by Gasteiger charge is 2.05. The molecule has 1 heterocycles. The van der Waals surface area contributed by atoms with Crippen LogP contribution in [0, 0.1) is 0 Å². The predicted molar refractivity (Wildman–Crippen MR) is 60.5 cm³/mol. The van der Waals surface area contributed by atoms with Crippen LogP contribution in [0.4, 0.5) is 5.00 Å².